The van der Waals surface area contributed by atoms with Gasteiger partial charge in [-0.25, -0.2) is 0 Å². The van der Waals surface area contributed by atoms with Crippen LogP contribution in [-0.2, 0) is 9.47 Å². The summed E-state index contributed by atoms with van der Waals surface area (Å²) >= 11 is 0. The molecule has 0 spiro atoms. The summed E-state index contributed by atoms with van der Waals surface area (Å²) in [4.78, 5) is 0. The Hall–Kier alpha value is -0.900. The van der Waals surface area contributed by atoms with Crippen LogP contribution in [0.3, 0.4) is 0 Å². The quantitative estimate of drug-likeness (QED) is 0.871. The number of hydrogen-bond acceptors (Lipinski definition) is 3. The van der Waals surface area contributed by atoms with E-state index in [1.54, 1.807) is 0 Å². The highest BCUT2D eigenvalue weighted by Gasteiger charge is 2.29. The number of benzene rings is 1. The third-order valence-electron chi connectivity index (χ3n) is 5.10. The fourth-order valence-electron chi connectivity index (χ4n) is 3.77. The predicted octanol–water partition coefficient (Wildman–Crippen LogP) is 3.56. The molecule has 2 aliphatic heterocycles. The second-order valence-electron chi connectivity index (χ2n) is 6.85. The van der Waals surface area contributed by atoms with Crippen molar-refractivity contribution >= 4 is 0 Å². The summed E-state index contributed by atoms with van der Waals surface area (Å²) in [7, 11) is 0. The van der Waals surface area contributed by atoms with Crippen molar-refractivity contribution in [3.63, 3.8) is 0 Å². The fraction of sp³-hybridized carbons (Fsp3) is 0.684. The lowest BCUT2D eigenvalue weighted by molar-refractivity contribution is 0.0604. The normalized spacial score (nSPS) is 27.9. The highest BCUT2D eigenvalue weighted by atomic mass is 16.5. The van der Waals surface area contributed by atoms with Crippen LogP contribution >= 0.6 is 0 Å². The van der Waals surface area contributed by atoms with Crippen molar-refractivity contribution in [1.82, 2.24) is 5.32 Å². The lowest BCUT2D eigenvalue weighted by atomic mass is 9.92. The molecular weight excluding hydrogens is 274 g/mol. The van der Waals surface area contributed by atoms with Crippen molar-refractivity contribution in [2.45, 2.75) is 44.8 Å². The first-order valence-corrected chi connectivity index (χ1v) is 8.80. The van der Waals surface area contributed by atoms with Gasteiger partial charge in [-0.2, -0.15) is 0 Å². The van der Waals surface area contributed by atoms with Gasteiger partial charge in [-0.1, -0.05) is 30.3 Å². The first-order valence-electron chi connectivity index (χ1n) is 8.80. The molecule has 122 valence electrons. The van der Waals surface area contributed by atoms with E-state index in [1.807, 2.05) is 0 Å². The molecule has 2 fully saturated rings. The summed E-state index contributed by atoms with van der Waals surface area (Å²) in [5, 5.41) is 3.75. The summed E-state index contributed by atoms with van der Waals surface area (Å²) in [5.41, 5.74) is 1.32. The SMILES string of the molecule is CC(CC1CCOCC1)NC[C@H]1CCO[C@@H]1c1ccccc1. The molecule has 1 unspecified atom stereocenters. The molecule has 0 saturated carbocycles. The van der Waals surface area contributed by atoms with Crippen molar-refractivity contribution in [2.24, 2.45) is 11.8 Å². The molecule has 0 aliphatic carbocycles. The topological polar surface area (TPSA) is 30.5 Å². The summed E-state index contributed by atoms with van der Waals surface area (Å²) in [6, 6.07) is 11.2. The van der Waals surface area contributed by atoms with E-state index in [-0.39, 0.29) is 6.10 Å². The Morgan fingerprint density at radius 1 is 1.09 bits per heavy atom. The molecule has 2 aliphatic rings. The Morgan fingerprint density at radius 3 is 2.64 bits per heavy atom. The largest absolute Gasteiger partial charge is 0.381 e. The third kappa shape index (κ3) is 4.31. The van der Waals surface area contributed by atoms with Gasteiger partial charge in [0.15, 0.2) is 0 Å². The fourth-order valence-corrected chi connectivity index (χ4v) is 3.77. The van der Waals surface area contributed by atoms with Crippen molar-refractivity contribution in [1.29, 1.82) is 0 Å². The van der Waals surface area contributed by atoms with E-state index < -0.39 is 0 Å². The van der Waals surface area contributed by atoms with E-state index in [0.717, 1.165) is 38.7 Å². The molecule has 0 radical (unpaired) electrons. The molecule has 3 atom stereocenters. The summed E-state index contributed by atoms with van der Waals surface area (Å²) in [6.45, 7) is 6.17. The average Bonchev–Trinajstić information content (AvgIpc) is 3.03. The Balaban J connectivity index is 1.45. The highest BCUT2D eigenvalue weighted by molar-refractivity contribution is 5.19. The minimum atomic E-state index is 0.268. The zero-order valence-electron chi connectivity index (χ0n) is 13.7. The van der Waals surface area contributed by atoms with Gasteiger partial charge in [0.25, 0.3) is 0 Å². The van der Waals surface area contributed by atoms with Crippen LogP contribution in [0.4, 0.5) is 0 Å². The lowest BCUT2D eigenvalue weighted by Gasteiger charge is -2.27. The maximum atomic E-state index is 5.98. The average molecular weight is 303 g/mol. The van der Waals surface area contributed by atoms with Crippen LogP contribution in [0.2, 0.25) is 0 Å². The number of ether oxygens (including phenoxy) is 2. The monoisotopic (exact) mass is 303 g/mol. The van der Waals surface area contributed by atoms with E-state index in [2.05, 4.69) is 42.6 Å². The van der Waals surface area contributed by atoms with Gasteiger partial charge in [-0.3, -0.25) is 0 Å². The molecule has 22 heavy (non-hydrogen) atoms. The molecule has 3 rings (SSSR count). The first kappa shape index (κ1) is 16.0. The maximum absolute atomic E-state index is 5.98. The molecule has 0 bridgehead atoms. The molecular formula is C19H29NO2. The molecule has 3 heteroatoms. The van der Waals surface area contributed by atoms with Crippen LogP contribution < -0.4 is 5.32 Å². The molecule has 2 heterocycles. The minimum Gasteiger partial charge on any atom is -0.381 e. The smallest absolute Gasteiger partial charge is 0.0866 e. The Bertz CT molecular complexity index is 430. The Morgan fingerprint density at radius 2 is 1.86 bits per heavy atom. The zero-order chi connectivity index (χ0) is 15.2. The number of hydrogen-bond donors (Lipinski definition) is 1. The lowest BCUT2D eigenvalue weighted by Crippen LogP contribution is -2.34. The molecule has 1 aromatic carbocycles. The molecule has 3 nitrogen and oxygen atoms in total. The predicted molar refractivity (Wildman–Crippen MR) is 88.9 cm³/mol. The van der Waals surface area contributed by atoms with Gasteiger partial charge in [0.1, 0.15) is 0 Å². The van der Waals surface area contributed by atoms with Gasteiger partial charge in [-0.15, -0.1) is 0 Å². The zero-order valence-corrected chi connectivity index (χ0v) is 13.7. The molecule has 0 aromatic heterocycles. The van der Waals surface area contributed by atoms with Crippen LogP contribution in [0.15, 0.2) is 30.3 Å². The summed E-state index contributed by atoms with van der Waals surface area (Å²) < 4.78 is 11.4. The first-order chi connectivity index (χ1) is 10.8. The molecule has 0 amide bonds. The van der Waals surface area contributed by atoms with E-state index in [1.165, 1.54) is 24.8 Å². The second-order valence-corrected chi connectivity index (χ2v) is 6.85. The van der Waals surface area contributed by atoms with Crippen LogP contribution in [0.1, 0.15) is 44.3 Å². The van der Waals surface area contributed by atoms with Crippen molar-refractivity contribution in [2.75, 3.05) is 26.4 Å². The number of nitrogens with one attached hydrogen (secondary N) is 1. The van der Waals surface area contributed by atoms with Gasteiger partial charge in [0.05, 0.1) is 6.10 Å². The Kier molecular flexibility index (Phi) is 5.88. The van der Waals surface area contributed by atoms with E-state index in [0.29, 0.717) is 12.0 Å². The van der Waals surface area contributed by atoms with Crippen LogP contribution in [-0.4, -0.2) is 32.4 Å². The standard InChI is InChI=1S/C19H29NO2/c1-15(13-16-7-10-21-11-8-16)20-14-18-9-12-22-19(18)17-5-3-2-4-6-17/h2-6,15-16,18-20H,7-14H2,1H3/t15?,18-,19-/m1/s1. The van der Waals surface area contributed by atoms with Crippen molar-refractivity contribution in [3.05, 3.63) is 35.9 Å². The molecule has 2 saturated heterocycles. The van der Waals surface area contributed by atoms with Crippen molar-refractivity contribution < 1.29 is 9.47 Å². The maximum Gasteiger partial charge on any atom is 0.0866 e. The molecule has 1 N–H and O–H groups in total. The van der Waals surface area contributed by atoms with Gasteiger partial charge in [-0.05, 0) is 44.1 Å². The second kappa shape index (κ2) is 8.09. The van der Waals surface area contributed by atoms with Crippen LogP contribution in [0.5, 0.6) is 0 Å². The molecule has 1 aromatic rings. The minimum absolute atomic E-state index is 0.268. The number of rotatable bonds is 6. The van der Waals surface area contributed by atoms with Gasteiger partial charge < -0.3 is 14.8 Å². The van der Waals surface area contributed by atoms with E-state index >= 15 is 0 Å². The van der Waals surface area contributed by atoms with Crippen LogP contribution in [0, 0.1) is 11.8 Å². The van der Waals surface area contributed by atoms with Gasteiger partial charge in [0, 0.05) is 38.3 Å². The van der Waals surface area contributed by atoms with Gasteiger partial charge >= 0.3 is 0 Å². The van der Waals surface area contributed by atoms with Crippen molar-refractivity contribution in [3.8, 4) is 0 Å². The summed E-state index contributed by atoms with van der Waals surface area (Å²) in [5.74, 6) is 1.43. The van der Waals surface area contributed by atoms with E-state index in [9.17, 15) is 0 Å². The van der Waals surface area contributed by atoms with E-state index in [4.69, 9.17) is 9.47 Å². The van der Waals surface area contributed by atoms with Crippen LogP contribution in [0.25, 0.3) is 0 Å². The summed E-state index contributed by atoms with van der Waals surface area (Å²) in [6.07, 6.45) is 5.16. The third-order valence-corrected chi connectivity index (χ3v) is 5.10. The van der Waals surface area contributed by atoms with Gasteiger partial charge in [0.2, 0.25) is 0 Å². The highest BCUT2D eigenvalue weighted by Crippen LogP contribution is 2.34. The Labute approximate surface area is 134 Å².